The van der Waals surface area contributed by atoms with E-state index in [9.17, 15) is 10.0 Å². The van der Waals surface area contributed by atoms with Crippen LogP contribution in [0.5, 0.6) is 5.75 Å². The summed E-state index contributed by atoms with van der Waals surface area (Å²) in [4.78, 5) is 14.8. The van der Waals surface area contributed by atoms with Gasteiger partial charge in [0.05, 0.1) is 19.2 Å². The minimum absolute atomic E-state index is 0. The Kier molecular flexibility index (Phi) is 8.80. The number of ether oxygens (including phenoxy) is 1. The summed E-state index contributed by atoms with van der Waals surface area (Å²) in [5, 5.41) is 13.5. The molecule has 0 saturated carbocycles. The van der Waals surface area contributed by atoms with E-state index >= 15 is 0 Å². The Morgan fingerprint density at radius 1 is 1.06 bits per heavy atom. The zero-order chi connectivity index (χ0) is 22.6. The van der Waals surface area contributed by atoms with Gasteiger partial charge in [0.25, 0.3) is 5.91 Å². The van der Waals surface area contributed by atoms with Gasteiger partial charge < -0.3 is 19.5 Å². The maximum Gasteiger partial charge on any atom is 0.253 e. The van der Waals surface area contributed by atoms with Crippen LogP contribution in [0.25, 0.3) is 0 Å². The Labute approximate surface area is 204 Å². The number of halogens is 1. The first-order valence-electron chi connectivity index (χ1n) is 12.1. The van der Waals surface area contributed by atoms with Gasteiger partial charge in [0.2, 0.25) is 0 Å². The summed E-state index contributed by atoms with van der Waals surface area (Å²) in [5.41, 5.74) is 2.90. The topological polar surface area (TPSA) is 52.6 Å². The summed E-state index contributed by atoms with van der Waals surface area (Å²) < 4.78 is 5.80. The third kappa shape index (κ3) is 6.50. The molecular weight excluding hydrogens is 436 g/mol. The van der Waals surface area contributed by atoms with Gasteiger partial charge >= 0.3 is 0 Å². The van der Waals surface area contributed by atoms with E-state index in [-0.39, 0.29) is 29.1 Å². The molecular formula is C27H37ClN2O3. The molecule has 33 heavy (non-hydrogen) atoms. The molecule has 0 bridgehead atoms. The van der Waals surface area contributed by atoms with Crippen molar-refractivity contribution >= 4 is 18.3 Å². The molecule has 1 amide bonds. The fourth-order valence-electron chi connectivity index (χ4n) is 5.10. The van der Waals surface area contributed by atoms with Crippen molar-refractivity contribution in [3.63, 3.8) is 0 Å². The number of carbonyl (C=O) groups excluding carboxylic acids is 1. The number of hydroxylamine groups is 3. The molecule has 2 aliphatic heterocycles. The van der Waals surface area contributed by atoms with Crippen LogP contribution < -0.4 is 4.74 Å². The lowest BCUT2D eigenvalue weighted by Crippen LogP contribution is -2.47. The minimum Gasteiger partial charge on any atom is -0.633 e. The lowest BCUT2D eigenvalue weighted by molar-refractivity contribution is -0.899. The molecule has 0 unspecified atom stereocenters. The van der Waals surface area contributed by atoms with Crippen LogP contribution in [-0.2, 0) is 6.54 Å². The fraction of sp³-hybridized carbons (Fsp3) is 0.519. The number of amides is 1. The van der Waals surface area contributed by atoms with Gasteiger partial charge in [0.15, 0.2) is 0 Å². The van der Waals surface area contributed by atoms with Crippen LogP contribution in [0.1, 0.15) is 73.4 Å². The van der Waals surface area contributed by atoms with E-state index in [2.05, 4.69) is 12.1 Å². The van der Waals surface area contributed by atoms with Crippen LogP contribution in [0.15, 0.2) is 48.5 Å². The molecule has 0 aliphatic carbocycles. The van der Waals surface area contributed by atoms with E-state index in [1.165, 1.54) is 12.0 Å². The molecule has 0 N–H and O–H groups in total. The Balaban J connectivity index is 0.00000306. The van der Waals surface area contributed by atoms with E-state index in [1.807, 2.05) is 55.1 Å². The van der Waals surface area contributed by atoms with Gasteiger partial charge in [0, 0.05) is 37.1 Å². The van der Waals surface area contributed by atoms with Crippen LogP contribution in [0.3, 0.4) is 0 Å². The highest BCUT2D eigenvalue weighted by Crippen LogP contribution is 2.37. The number of para-hydroxylation sites is 1. The molecule has 0 spiro atoms. The third-order valence-corrected chi connectivity index (χ3v) is 6.78. The van der Waals surface area contributed by atoms with Crippen molar-refractivity contribution in [1.29, 1.82) is 0 Å². The molecule has 2 aromatic rings. The van der Waals surface area contributed by atoms with Crippen molar-refractivity contribution in [3.8, 4) is 5.75 Å². The predicted octanol–water partition coefficient (Wildman–Crippen LogP) is 5.91. The van der Waals surface area contributed by atoms with Gasteiger partial charge in [0.1, 0.15) is 12.3 Å². The van der Waals surface area contributed by atoms with Crippen molar-refractivity contribution in [2.75, 3.05) is 26.2 Å². The van der Waals surface area contributed by atoms with Crippen LogP contribution >= 0.6 is 12.4 Å². The molecule has 2 heterocycles. The molecule has 180 valence electrons. The molecule has 4 rings (SSSR count). The van der Waals surface area contributed by atoms with Gasteiger partial charge in [-0.2, -0.15) is 0 Å². The number of hydrogen-bond acceptors (Lipinski definition) is 3. The average Bonchev–Trinajstić information content (AvgIpc) is 2.80. The molecule has 6 heteroatoms. The molecule has 2 aromatic carbocycles. The number of nitrogens with zero attached hydrogens (tertiary/aromatic N) is 2. The quantitative estimate of drug-likeness (QED) is 0.387. The normalized spacial score (nSPS) is 23.2. The molecule has 5 nitrogen and oxygen atoms in total. The highest BCUT2D eigenvalue weighted by atomic mass is 35.5. The van der Waals surface area contributed by atoms with Crippen LogP contribution in [-0.4, -0.2) is 47.7 Å². The summed E-state index contributed by atoms with van der Waals surface area (Å²) >= 11 is 0. The molecule has 0 atom stereocenters. The average molecular weight is 473 g/mol. The van der Waals surface area contributed by atoms with E-state index in [0.717, 1.165) is 50.1 Å². The molecule has 2 fully saturated rings. The fourth-order valence-corrected chi connectivity index (χ4v) is 5.10. The minimum atomic E-state index is -0.217. The van der Waals surface area contributed by atoms with E-state index < -0.39 is 0 Å². The van der Waals surface area contributed by atoms with Gasteiger partial charge in [-0.3, -0.25) is 4.79 Å². The largest absolute Gasteiger partial charge is 0.633 e. The zero-order valence-corrected chi connectivity index (χ0v) is 20.7. The maximum atomic E-state index is 13.5. The van der Waals surface area contributed by atoms with Gasteiger partial charge in [-0.1, -0.05) is 30.3 Å². The number of likely N-dealkylation sites (tertiary alicyclic amines) is 2. The number of piperidine rings is 2. The highest BCUT2D eigenvalue weighted by Gasteiger charge is 2.30. The summed E-state index contributed by atoms with van der Waals surface area (Å²) in [5.74, 6) is 1.41. The first kappa shape index (κ1) is 25.5. The van der Waals surface area contributed by atoms with Gasteiger partial charge in [-0.15, -0.1) is 12.4 Å². The third-order valence-electron chi connectivity index (χ3n) is 6.78. The standard InChI is InChI=1S/C27H36N2O3.ClH/c1-21(2)32-26-12-5-4-11-25(26)23-13-17-29(31,18-14-23)20-22-9-8-10-24(19-22)27(30)28-15-6-3-7-16-28;/h4-5,8-12,19,21,23H,3,6-7,13-18,20H2,1-2H3;1H. The molecule has 2 aliphatic rings. The van der Waals surface area contributed by atoms with Gasteiger partial charge in [-0.25, -0.2) is 0 Å². The number of rotatable bonds is 6. The van der Waals surface area contributed by atoms with Crippen LogP contribution in [0.2, 0.25) is 0 Å². The highest BCUT2D eigenvalue weighted by molar-refractivity contribution is 5.94. The molecule has 2 saturated heterocycles. The van der Waals surface area contributed by atoms with Crippen molar-refractivity contribution in [3.05, 3.63) is 70.4 Å². The predicted molar refractivity (Wildman–Crippen MR) is 135 cm³/mol. The summed E-state index contributed by atoms with van der Waals surface area (Å²) in [7, 11) is 0. The van der Waals surface area contributed by atoms with Crippen LogP contribution in [0.4, 0.5) is 0 Å². The molecule has 0 radical (unpaired) electrons. The van der Waals surface area contributed by atoms with E-state index in [4.69, 9.17) is 4.74 Å². The number of hydrogen-bond donors (Lipinski definition) is 0. The Morgan fingerprint density at radius 3 is 2.45 bits per heavy atom. The van der Waals surface area contributed by atoms with Gasteiger partial charge in [-0.05, 0) is 62.8 Å². The Hall–Kier alpha value is -2.08. The lowest BCUT2D eigenvalue weighted by atomic mass is 9.88. The second kappa shape index (κ2) is 11.4. The monoisotopic (exact) mass is 472 g/mol. The smallest absolute Gasteiger partial charge is 0.253 e. The summed E-state index contributed by atoms with van der Waals surface area (Å²) in [6.45, 7) is 7.37. The molecule has 0 aromatic heterocycles. The van der Waals surface area contributed by atoms with Crippen molar-refractivity contribution in [1.82, 2.24) is 4.90 Å². The Bertz CT molecular complexity index is 919. The first-order chi connectivity index (χ1) is 15.4. The number of quaternary nitrogens is 1. The Morgan fingerprint density at radius 2 is 1.76 bits per heavy atom. The summed E-state index contributed by atoms with van der Waals surface area (Å²) in [6.07, 6.45) is 5.21. The number of benzene rings is 2. The van der Waals surface area contributed by atoms with Crippen molar-refractivity contribution in [2.24, 2.45) is 0 Å². The zero-order valence-electron chi connectivity index (χ0n) is 19.9. The maximum absolute atomic E-state index is 13.5. The van der Waals surface area contributed by atoms with E-state index in [1.54, 1.807) is 0 Å². The first-order valence-corrected chi connectivity index (χ1v) is 12.1. The van der Waals surface area contributed by atoms with Crippen molar-refractivity contribution < 1.29 is 14.2 Å². The number of carbonyl (C=O) groups is 1. The van der Waals surface area contributed by atoms with Crippen molar-refractivity contribution in [2.45, 2.75) is 64.5 Å². The second-order valence-corrected chi connectivity index (χ2v) is 9.70. The SMILES string of the molecule is CC(C)Oc1ccccc1C1CC[N+]([O-])(Cc2cccc(C(=O)N3CCCCC3)c2)CC1.Cl. The van der Waals surface area contributed by atoms with E-state index in [0.29, 0.717) is 31.1 Å². The van der Waals surface area contributed by atoms with Crippen LogP contribution in [0, 0.1) is 5.21 Å². The summed E-state index contributed by atoms with van der Waals surface area (Å²) in [6, 6.07) is 16.0. The second-order valence-electron chi connectivity index (χ2n) is 9.70. The lowest BCUT2D eigenvalue weighted by Gasteiger charge is -2.47.